The zero-order valence-corrected chi connectivity index (χ0v) is 11.5. The predicted molar refractivity (Wildman–Crippen MR) is 73.8 cm³/mol. The van der Waals surface area contributed by atoms with E-state index >= 15 is 0 Å². The molecule has 0 aliphatic carbocycles. The van der Waals surface area contributed by atoms with Crippen LogP contribution < -0.4 is 10.5 Å². The number of rotatable bonds is 7. The van der Waals surface area contributed by atoms with Crippen molar-refractivity contribution in [3.8, 4) is 5.75 Å². The second-order valence-corrected chi connectivity index (χ2v) is 4.86. The van der Waals surface area contributed by atoms with Crippen LogP contribution in [0.3, 0.4) is 0 Å². The molecule has 0 bridgehead atoms. The first-order valence-electron chi connectivity index (χ1n) is 6.31. The van der Waals surface area contributed by atoms with Gasteiger partial charge in [-0.25, -0.2) is 0 Å². The Bertz CT molecular complexity index is 339. The van der Waals surface area contributed by atoms with E-state index in [4.69, 9.17) is 22.1 Å². The smallest absolute Gasteiger partial charge is 0.124 e. The van der Waals surface area contributed by atoms with Crippen LogP contribution >= 0.6 is 11.6 Å². The molecule has 96 valence electrons. The molecule has 1 aromatic rings. The average molecular weight is 256 g/mol. The van der Waals surface area contributed by atoms with Gasteiger partial charge in [0.2, 0.25) is 0 Å². The number of nitrogens with two attached hydrogens (primary N) is 1. The topological polar surface area (TPSA) is 35.2 Å². The summed E-state index contributed by atoms with van der Waals surface area (Å²) in [6.07, 6.45) is 4.23. The Kier molecular flexibility index (Phi) is 6.38. The van der Waals surface area contributed by atoms with Crippen molar-refractivity contribution in [3.05, 3.63) is 28.8 Å². The van der Waals surface area contributed by atoms with Crippen LogP contribution in [0.25, 0.3) is 0 Å². The van der Waals surface area contributed by atoms with Crippen LogP contribution in [-0.2, 0) is 6.42 Å². The van der Waals surface area contributed by atoms with Crippen LogP contribution in [-0.4, -0.2) is 12.6 Å². The molecule has 1 aromatic carbocycles. The lowest BCUT2D eigenvalue weighted by atomic mass is 10.1. The molecule has 0 saturated heterocycles. The molecule has 0 aliphatic heterocycles. The van der Waals surface area contributed by atoms with Crippen molar-refractivity contribution in [2.75, 3.05) is 6.61 Å². The Balaban J connectivity index is 2.66. The summed E-state index contributed by atoms with van der Waals surface area (Å²) < 4.78 is 5.78. The highest BCUT2D eigenvalue weighted by Gasteiger charge is 2.10. The molecule has 1 unspecified atom stereocenters. The van der Waals surface area contributed by atoms with Crippen molar-refractivity contribution in [3.63, 3.8) is 0 Å². The summed E-state index contributed by atoms with van der Waals surface area (Å²) in [6, 6.07) is 5.86. The van der Waals surface area contributed by atoms with Crippen molar-refractivity contribution in [1.29, 1.82) is 0 Å². The second kappa shape index (κ2) is 7.57. The van der Waals surface area contributed by atoms with Gasteiger partial charge < -0.3 is 10.5 Å². The maximum atomic E-state index is 6.18. The summed E-state index contributed by atoms with van der Waals surface area (Å²) in [4.78, 5) is 0. The fraction of sp³-hybridized carbons (Fsp3) is 0.571. The molecule has 0 heterocycles. The van der Waals surface area contributed by atoms with Crippen molar-refractivity contribution >= 4 is 11.6 Å². The van der Waals surface area contributed by atoms with Crippen molar-refractivity contribution < 1.29 is 4.74 Å². The highest BCUT2D eigenvalue weighted by molar-refractivity contribution is 6.31. The van der Waals surface area contributed by atoms with E-state index in [-0.39, 0.29) is 6.04 Å². The Morgan fingerprint density at radius 1 is 1.35 bits per heavy atom. The van der Waals surface area contributed by atoms with E-state index in [1.807, 2.05) is 25.1 Å². The van der Waals surface area contributed by atoms with Gasteiger partial charge in [0.15, 0.2) is 0 Å². The molecule has 0 spiro atoms. The van der Waals surface area contributed by atoms with Gasteiger partial charge in [-0.15, -0.1) is 0 Å². The van der Waals surface area contributed by atoms with Crippen LogP contribution in [0, 0.1) is 0 Å². The summed E-state index contributed by atoms with van der Waals surface area (Å²) in [6.45, 7) is 4.91. The van der Waals surface area contributed by atoms with Crippen molar-refractivity contribution in [1.82, 2.24) is 0 Å². The zero-order chi connectivity index (χ0) is 12.7. The Hall–Kier alpha value is -0.730. The summed E-state index contributed by atoms with van der Waals surface area (Å²) in [5, 5.41) is 0.746. The first-order chi connectivity index (χ1) is 8.15. The highest BCUT2D eigenvalue weighted by Crippen LogP contribution is 2.27. The number of benzene rings is 1. The van der Waals surface area contributed by atoms with Crippen LogP contribution in [0.1, 0.15) is 38.7 Å². The molecule has 0 saturated carbocycles. The van der Waals surface area contributed by atoms with Gasteiger partial charge in [-0.2, -0.15) is 0 Å². The Morgan fingerprint density at radius 3 is 2.76 bits per heavy atom. The van der Waals surface area contributed by atoms with E-state index in [0.29, 0.717) is 0 Å². The quantitative estimate of drug-likeness (QED) is 0.753. The molecule has 2 N–H and O–H groups in total. The van der Waals surface area contributed by atoms with E-state index in [1.165, 1.54) is 12.8 Å². The Morgan fingerprint density at radius 2 is 2.12 bits per heavy atom. The van der Waals surface area contributed by atoms with Gasteiger partial charge in [-0.1, -0.05) is 37.4 Å². The lowest BCUT2D eigenvalue weighted by Gasteiger charge is -2.14. The molecular weight excluding hydrogens is 234 g/mol. The summed E-state index contributed by atoms with van der Waals surface area (Å²) in [7, 11) is 0. The minimum atomic E-state index is 0.0906. The molecule has 0 aromatic heterocycles. The molecule has 2 nitrogen and oxygen atoms in total. The third kappa shape index (κ3) is 4.97. The molecule has 0 amide bonds. The maximum Gasteiger partial charge on any atom is 0.124 e. The standard InChI is InChI=1S/C14H22ClNO/c1-3-4-5-9-17-14-8-6-7-13(15)12(14)10-11(2)16/h6-8,11H,3-5,9-10,16H2,1-2H3. The second-order valence-electron chi connectivity index (χ2n) is 4.45. The van der Waals surface area contributed by atoms with Gasteiger partial charge in [-0.3, -0.25) is 0 Å². The summed E-state index contributed by atoms with van der Waals surface area (Å²) >= 11 is 6.18. The molecule has 3 heteroatoms. The van der Waals surface area contributed by atoms with Crippen LogP contribution in [0.5, 0.6) is 5.75 Å². The van der Waals surface area contributed by atoms with E-state index in [1.54, 1.807) is 0 Å². The number of hydrogen-bond acceptors (Lipinski definition) is 2. The predicted octanol–water partition coefficient (Wildman–Crippen LogP) is 3.80. The first kappa shape index (κ1) is 14.3. The maximum absolute atomic E-state index is 6.18. The third-order valence-electron chi connectivity index (χ3n) is 2.61. The van der Waals surface area contributed by atoms with Gasteiger partial charge in [0, 0.05) is 16.6 Å². The largest absolute Gasteiger partial charge is 0.493 e. The van der Waals surface area contributed by atoms with E-state index in [0.717, 1.165) is 35.8 Å². The van der Waals surface area contributed by atoms with E-state index in [2.05, 4.69) is 6.92 Å². The van der Waals surface area contributed by atoms with Crippen LogP contribution in [0.2, 0.25) is 5.02 Å². The molecule has 0 aliphatic rings. The van der Waals surface area contributed by atoms with Gasteiger partial charge in [0.05, 0.1) is 6.61 Å². The molecule has 0 fully saturated rings. The minimum Gasteiger partial charge on any atom is -0.493 e. The average Bonchev–Trinajstić information content (AvgIpc) is 2.28. The summed E-state index contributed by atoms with van der Waals surface area (Å²) in [5.41, 5.74) is 6.85. The van der Waals surface area contributed by atoms with Crippen LogP contribution in [0.15, 0.2) is 18.2 Å². The number of unbranched alkanes of at least 4 members (excludes halogenated alkanes) is 2. The van der Waals surface area contributed by atoms with Crippen LogP contribution in [0.4, 0.5) is 0 Å². The van der Waals surface area contributed by atoms with E-state index < -0.39 is 0 Å². The molecule has 1 rings (SSSR count). The first-order valence-corrected chi connectivity index (χ1v) is 6.68. The Labute approximate surface area is 109 Å². The van der Waals surface area contributed by atoms with Crippen molar-refractivity contribution in [2.24, 2.45) is 5.73 Å². The zero-order valence-electron chi connectivity index (χ0n) is 10.7. The number of hydrogen-bond donors (Lipinski definition) is 1. The third-order valence-corrected chi connectivity index (χ3v) is 2.96. The van der Waals surface area contributed by atoms with Gasteiger partial charge in [0.25, 0.3) is 0 Å². The molecule has 17 heavy (non-hydrogen) atoms. The normalized spacial score (nSPS) is 12.5. The summed E-state index contributed by atoms with van der Waals surface area (Å²) in [5.74, 6) is 0.880. The minimum absolute atomic E-state index is 0.0906. The highest BCUT2D eigenvalue weighted by atomic mass is 35.5. The van der Waals surface area contributed by atoms with Crippen molar-refractivity contribution in [2.45, 2.75) is 45.6 Å². The lowest BCUT2D eigenvalue weighted by molar-refractivity contribution is 0.303. The number of halogens is 1. The van der Waals surface area contributed by atoms with E-state index in [9.17, 15) is 0 Å². The monoisotopic (exact) mass is 255 g/mol. The molecule has 1 atom stereocenters. The number of ether oxygens (including phenoxy) is 1. The van der Waals surface area contributed by atoms with Gasteiger partial charge in [-0.05, 0) is 31.9 Å². The fourth-order valence-corrected chi connectivity index (χ4v) is 1.97. The SMILES string of the molecule is CCCCCOc1cccc(Cl)c1CC(C)N. The molecule has 0 radical (unpaired) electrons. The van der Waals surface area contributed by atoms with Gasteiger partial charge >= 0.3 is 0 Å². The molecular formula is C14H22ClNO. The van der Waals surface area contributed by atoms with Gasteiger partial charge in [0.1, 0.15) is 5.75 Å². The lowest BCUT2D eigenvalue weighted by Crippen LogP contribution is -2.18. The fourth-order valence-electron chi connectivity index (χ4n) is 1.73.